The van der Waals surface area contributed by atoms with Gasteiger partial charge in [-0.15, -0.1) is 0 Å². The Morgan fingerprint density at radius 3 is 2.77 bits per heavy atom. The van der Waals surface area contributed by atoms with Crippen molar-refractivity contribution < 1.29 is 0 Å². The van der Waals surface area contributed by atoms with Crippen LogP contribution in [0.2, 0.25) is 0 Å². The van der Waals surface area contributed by atoms with Gasteiger partial charge >= 0.3 is 0 Å². The minimum Gasteiger partial charge on any atom is -0.325 e. The first kappa shape index (κ1) is 10.1. The molecule has 0 aliphatic heterocycles. The van der Waals surface area contributed by atoms with Crippen LogP contribution in [0, 0.1) is 5.41 Å². The molecule has 1 aliphatic carbocycles. The van der Waals surface area contributed by atoms with E-state index >= 15 is 0 Å². The molecule has 0 saturated heterocycles. The lowest BCUT2D eigenvalue weighted by atomic mass is 9.96. The largest absolute Gasteiger partial charge is 0.325 e. The van der Waals surface area contributed by atoms with E-state index in [1.807, 2.05) is 13.0 Å². The summed E-state index contributed by atoms with van der Waals surface area (Å²) in [7, 11) is 0. The second-order valence-corrected chi connectivity index (χ2v) is 3.46. The standard InChI is InChI=1S/C10H17N3/c1-8(11)6-7-13-10-5-3-2-4-9(10)12/h6-8,12H,2-5,11H2,1H3/b7-6-,12-9?,13-10?. The van der Waals surface area contributed by atoms with Gasteiger partial charge in [-0.3, -0.25) is 4.99 Å². The monoisotopic (exact) mass is 179 g/mol. The van der Waals surface area contributed by atoms with E-state index in [4.69, 9.17) is 11.1 Å². The molecule has 1 atom stereocenters. The van der Waals surface area contributed by atoms with E-state index in [9.17, 15) is 0 Å². The predicted molar refractivity (Wildman–Crippen MR) is 56.4 cm³/mol. The van der Waals surface area contributed by atoms with Crippen LogP contribution < -0.4 is 5.73 Å². The Hall–Kier alpha value is -0.960. The average Bonchev–Trinajstić information content (AvgIpc) is 2.08. The SMILES string of the molecule is CC(N)/C=C\N=C1CCCCC1=N. The minimum absolute atomic E-state index is 0.0436. The Morgan fingerprint density at radius 2 is 2.15 bits per heavy atom. The van der Waals surface area contributed by atoms with Crippen molar-refractivity contribution in [2.75, 3.05) is 0 Å². The second kappa shape index (κ2) is 4.92. The van der Waals surface area contributed by atoms with Gasteiger partial charge in [-0.25, -0.2) is 0 Å². The maximum Gasteiger partial charge on any atom is 0.0610 e. The average molecular weight is 179 g/mol. The van der Waals surface area contributed by atoms with Crippen LogP contribution in [0.5, 0.6) is 0 Å². The van der Waals surface area contributed by atoms with Gasteiger partial charge < -0.3 is 11.1 Å². The molecular formula is C10H17N3. The molecule has 0 aromatic carbocycles. The lowest BCUT2D eigenvalue weighted by Gasteiger charge is -2.12. The molecule has 1 fully saturated rings. The summed E-state index contributed by atoms with van der Waals surface area (Å²) in [5.41, 5.74) is 7.16. The van der Waals surface area contributed by atoms with E-state index in [0.29, 0.717) is 5.71 Å². The van der Waals surface area contributed by atoms with Crippen molar-refractivity contribution >= 4 is 11.4 Å². The highest BCUT2D eigenvalue weighted by Gasteiger charge is 2.11. The maximum absolute atomic E-state index is 7.64. The first-order chi connectivity index (χ1) is 6.20. The molecule has 3 N–H and O–H groups in total. The maximum atomic E-state index is 7.64. The molecule has 0 aromatic heterocycles. The van der Waals surface area contributed by atoms with Gasteiger partial charge in [0.2, 0.25) is 0 Å². The van der Waals surface area contributed by atoms with Crippen molar-refractivity contribution in [3.8, 4) is 0 Å². The fraction of sp³-hybridized carbons (Fsp3) is 0.600. The predicted octanol–water partition coefficient (Wildman–Crippen LogP) is 1.88. The Balaban J connectivity index is 2.53. The van der Waals surface area contributed by atoms with Gasteiger partial charge in [0.05, 0.1) is 11.4 Å². The Bertz CT molecular complexity index is 239. The number of rotatable bonds is 2. The van der Waals surface area contributed by atoms with E-state index in [-0.39, 0.29) is 6.04 Å². The highest BCUT2D eigenvalue weighted by atomic mass is 14.7. The van der Waals surface area contributed by atoms with Crippen LogP contribution in [0.15, 0.2) is 17.3 Å². The van der Waals surface area contributed by atoms with Crippen molar-refractivity contribution in [1.29, 1.82) is 5.41 Å². The normalized spacial score (nSPS) is 24.2. The van der Waals surface area contributed by atoms with Crippen LogP contribution in [0.1, 0.15) is 32.6 Å². The molecule has 0 heterocycles. The van der Waals surface area contributed by atoms with E-state index < -0.39 is 0 Å². The highest BCUT2D eigenvalue weighted by Crippen LogP contribution is 2.12. The summed E-state index contributed by atoms with van der Waals surface area (Å²) in [4.78, 5) is 4.24. The molecule has 3 nitrogen and oxygen atoms in total. The van der Waals surface area contributed by atoms with Crippen molar-refractivity contribution in [1.82, 2.24) is 0 Å². The number of nitrogens with two attached hydrogens (primary N) is 1. The van der Waals surface area contributed by atoms with Gasteiger partial charge in [-0.1, -0.05) is 0 Å². The summed E-state index contributed by atoms with van der Waals surface area (Å²) in [6, 6.07) is 0.0436. The molecule has 1 aliphatic rings. The fourth-order valence-electron chi connectivity index (χ4n) is 1.30. The van der Waals surface area contributed by atoms with Gasteiger partial charge in [-0.2, -0.15) is 0 Å². The van der Waals surface area contributed by atoms with E-state index in [1.165, 1.54) is 0 Å². The Labute approximate surface area is 79.2 Å². The summed E-state index contributed by atoms with van der Waals surface area (Å²) in [6.07, 6.45) is 7.68. The van der Waals surface area contributed by atoms with Crippen LogP contribution in [0.4, 0.5) is 0 Å². The fourth-order valence-corrected chi connectivity index (χ4v) is 1.30. The zero-order valence-electron chi connectivity index (χ0n) is 8.09. The summed E-state index contributed by atoms with van der Waals surface area (Å²) >= 11 is 0. The van der Waals surface area contributed by atoms with E-state index in [0.717, 1.165) is 31.4 Å². The van der Waals surface area contributed by atoms with Crippen LogP contribution in [0.25, 0.3) is 0 Å². The number of nitrogens with zero attached hydrogens (tertiary/aromatic N) is 1. The lowest BCUT2D eigenvalue weighted by molar-refractivity contribution is 0.774. The Morgan fingerprint density at radius 1 is 1.46 bits per heavy atom. The molecule has 13 heavy (non-hydrogen) atoms. The molecule has 0 aromatic rings. The molecule has 3 heteroatoms. The van der Waals surface area contributed by atoms with Crippen LogP contribution in [-0.4, -0.2) is 17.5 Å². The van der Waals surface area contributed by atoms with Gasteiger partial charge in [0, 0.05) is 12.2 Å². The van der Waals surface area contributed by atoms with Crippen LogP contribution in [0.3, 0.4) is 0 Å². The number of aliphatic imine (C=N–C) groups is 1. The first-order valence-corrected chi connectivity index (χ1v) is 4.77. The smallest absolute Gasteiger partial charge is 0.0610 e. The van der Waals surface area contributed by atoms with Gasteiger partial charge in [-0.05, 0) is 38.7 Å². The van der Waals surface area contributed by atoms with Crippen molar-refractivity contribution in [3.63, 3.8) is 0 Å². The zero-order valence-corrected chi connectivity index (χ0v) is 8.09. The quantitative estimate of drug-likeness (QED) is 0.668. The van der Waals surface area contributed by atoms with Gasteiger partial charge in [0.15, 0.2) is 0 Å². The lowest BCUT2D eigenvalue weighted by Crippen LogP contribution is -2.17. The molecule has 0 spiro atoms. The third-order valence-corrected chi connectivity index (χ3v) is 2.06. The summed E-state index contributed by atoms with van der Waals surface area (Å²) < 4.78 is 0. The van der Waals surface area contributed by atoms with Crippen molar-refractivity contribution in [3.05, 3.63) is 12.3 Å². The Kier molecular flexibility index (Phi) is 3.83. The van der Waals surface area contributed by atoms with Crippen LogP contribution in [-0.2, 0) is 0 Å². The van der Waals surface area contributed by atoms with E-state index in [2.05, 4.69) is 4.99 Å². The number of hydrogen-bond acceptors (Lipinski definition) is 3. The van der Waals surface area contributed by atoms with Crippen molar-refractivity contribution in [2.45, 2.75) is 38.6 Å². The summed E-state index contributed by atoms with van der Waals surface area (Å²) in [5.74, 6) is 0. The third-order valence-electron chi connectivity index (χ3n) is 2.06. The number of hydrogen-bond donors (Lipinski definition) is 2. The highest BCUT2D eigenvalue weighted by molar-refractivity contribution is 6.41. The molecule has 0 bridgehead atoms. The van der Waals surface area contributed by atoms with Crippen LogP contribution >= 0.6 is 0 Å². The molecule has 0 amide bonds. The molecule has 1 saturated carbocycles. The zero-order chi connectivity index (χ0) is 9.68. The number of nitrogens with one attached hydrogen (secondary N) is 1. The first-order valence-electron chi connectivity index (χ1n) is 4.77. The van der Waals surface area contributed by atoms with Crippen molar-refractivity contribution in [2.24, 2.45) is 10.7 Å². The summed E-state index contributed by atoms with van der Waals surface area (Å²) in [5, 5.41) is 7.64. The second-order valence-electron chi connectivity index (χ2n) is 3.46. The summed E-state index contributed by atoms with van der Waals surface area (Å²) in [6.45, 7) is 1.91. The minimum atomic E-state index is 0.0436. The van der Waals surface area contributed by atoms with E-state index in [1.54, 1.807) is 6.20 Å². The molecule has 1 unspecified atom stereocenters. The molecule has 0 radical (unpaired) electrons. The third kappa shape index (κ3) is 3.51. The van der Waals surface area contributed by atoms with Gasteiger partial charge in [0.1, 0.15) is 0 Å². The molecule has 1 rings (SSSR count). The topological polar surface area (TPSA) is 62.2 Å². The molecular weight excluding hydrogens is 162 g/mol. The van der Waals surface area contributed by atoms with Gasteiger partial charge in [0.25, 0.3) is 0 Å². The molecule has 72 valence electrons.